The Balaban J connectivity index is 1.36. The smallest absolute Gasteiger partial charge is 0.166 e. The van der Waals surface area contributed by atoms with E-state index in [1.54, 1.807) is 24.3 Å². The molecule has 1 unspecified atom stereocenters. The summed E-state index contributed by atoms with van der Waals surface area (Å²) in [7, 11) is 0. The highest BCUT2D eigenvalue weighted by atomic mass is 32.2. The van der Waals surface area contributed by atoms with Gasteiger partial charge in [-0.3, -0.25) is 4.79 Å². The highest BCUT2D eigenvalue weighted by Gasteiger charge is 2.16. The molecule has 6 heteroatoms. The van der Waals surface area contributed by atoms with E-state index < -0.39 is 6.10 Å². The summed E-state index contributed by atoms with van der Waals surface area (Å²) in [6.45, 7) is 4.22. The lowest BCUT2D eigenvalue weighted by Gasteiger charge is -2.12. The number of aromatic nitrogens is 2. The van der Waals surface area contributed by atoms with E-state index >= 15 is 0 Å². The molecule has 0 aliphatic carbocycles. The summed E-state index contributed by atoms with van der Waals surface area (Å²) in [5, 5.41) is 11.2. The fourth-order valence-electron chi connectivity index (χ4n) is 3.68. The van der Waals surface area contributed by atoms with Gasteiger partial charge in [0, 0.05) is 28.9 Å². The summed E-state index contributed by atoms with van der Waals surface area (Å²) >= 11 is 1.46. The lowest BCUT2D eigenvalue weighted by Crippen LogP contribution is -2.20. The van der Waals surface area contributed by atoms with E-state index in [4.69, 9.17) is 9.72 Å². The number of thioether (sulfide) groups is 1. The number of aliphatic hydroxyl groups excluding tert-OH is 1. The molecule has 2 N–H and O–H groups in total. The molecule has 0 fully saturated rings. The number of benzene rings is 3. The maximum absolute atomic E-state index is 12.2. The number of Topliss-reactive ketones (excluding diaryl/α,β-unsaturated/α-hetero) is 1. The monoisotopic (exact) mass is 486 g/mol. The standard InChI is InChI=1S/C29H30N2O3S/c1-20(2)17-26(33)21-13-15-25(16-14-21)34-18-24(32)19-35-29-30-27(22-9-5-3-6-10-22)28(31-29)23-11-7-4-8-12-23/h3-16,20,24,32H,17-19H2,1-2H3,(H,30,31). The van der Waals surface area contributed by atoms with Crippen molar-refractivity contribution in [1.82, 2.24) is 9.97 Å². The quantitative estimate of drug-likeness (QED) is 0.187. The number of hydrogen-bond acceptors (Lipinski definition) is 5. The summed E-state index contributed by atoms with van der Waals surface area (Å²) in [4.78, 5) is 20.4. The molecule has 0 aliphatic rings. The van der Waals surface area contributed by atoms with Crippen LogP contribution in [0.2, 0.25) is 0 Å². The highest BCUT2D eigenvalue weighted by Crippen LogP contribution is 2.32. The van der Waals surface area contributed by atoms with Gasteiger partial charge in [-0.2, -0.15) is 0 Å². The molecule has 180 valence electrons. The molecule has 0 spiro atoms. The van der Waals surface area contributed by atoms with Crippen molar-refractivity contribution in [3.63, 3.8) is 0 Å². The summed E-state index contributed by atoms with van der Waals surface area (Å²) in [6.07, 6.45) is -0.145. The van der Waals surface area contributed by atoms with Gasteiger partial charge in [0.15, 0.2) is 10.9 Å². The second-order valence-corrected chi connectivity index (χ2v) is 9.83. The van der Waals surface area contributed by atoms with Gasteiger partial charge in [-0.05, 0) is 30.2 Å². The molecule has 0 saturated carbocycles. The van der Waals surface area contributed by atoms with Gasteiger partial charge >= 0.3 is 0 Å². The van der Waals surface area contributed by atoms with Crippen molar-refractivity contribution in [3.8, 4) is 28.3 Å². The van der Waals surface area contributed by atoms with Crippen LogP contribution in [0, 0.1) is 5.92 Å². The van der Waals surface area contributed by atoms with Gasteiger partial charge in [0.05, 0.1) is 17.5 Å². The van der Waals surface area contributed by atoms with E-state index in [0.29, 0.717) is 29.4 Å². The molecule has 1 atom stereocenters. The van der Waals surface area contributed by atoms with Gasteiger partial charge < -0.3 is 14.8 Å². The Morgan fingerprint density at radius 1 is 0.943 bits per heavy atom. The Morgan fingerprint density at radius 2 is 1.57 bits per heavy atom. The lowest BCUT2D eigenvalue weighted by atomic mass is 10.0. The Bertz CT molecular complexity index is 1170. The number of carbonyl (C=O) groups is 1. The van der Waals surface area contributed by atoms with Crippen LogP contribution in [0.5, 0.6) is 5.75 Å². The molecule has 4 rings (SSSR count). The molecule has 35 heavy (non-hydrogen) atoms. The first-order valence-corrected chi connectivity index (χ1v) is 12.8. The zero-order valence-electron chi connectivity index (χ0n) is 20.0. The topological polar surface area (TPSA) is 75.2 Å². The van der Waals surface area contributed by atoms with E-state index in [-0.39, 0.29) is 12.4 Å². The van der Waals surface area contributed by atoms with Crippen molar-refractivity contribution in [2.45, 2.75) is 31.5 Å². The molecule has 3 aromatic carbocycles. The predicted molar refractivity (Wildman–Crippen MR) is 142 cm³/mol. The molecule has 0 aliphatic heterocycles. The van der Waals surface area contributed by atoms with Crippen LogP contribution in [-0.4, -0.2) is 39.3 Å². The maximum atomic E-state index is 12.2. The van der Waals surface area contributed by atoms with Crippen LogP contribution in [0.25, 0.3) is 22.5 Å². The van der Waals surface area contributed by atoms with E-state index in [9.17, 15) is 9.90 Å². The first-order valence-electron chi connectivity index (χ1n) is 11.8. The predicted octanol–water partition coefficient (Wildman–Crippen LogP) is 6.50. The Labute approximate surface area is 210 Å². The van der Waals surface area contributed by atoms with Crippen molar-refractivity contribution in [1.29, 1.82) is 0 Å². The minimum Gasteiger partial charge on any atom is -0.491 e. The number of nitrogens with zero attached hydrogens (tertiary/aromatic N) is 1. The molecule has 0 bridgehead atoms. The molecule has 1 heterocycles. The van der Waals surface area contributed by atoms with Crippen LogP contribution in [0.15, 0.2) is 90.1 Å². The molecule has 1 aromatic heterocycles. The minimum atomic E-state index is -0.673. The summed E-state index contributed by atoms with van der Waals surface area (Å²) in [5.74, 6) is 1.52. The zero-order valence-corrected chi connectivity index (χ0v) is 20.8. The number of rotatable bonds is 11. The number of H-pyrrole nitrogens is 1. The summed E-state index contributed by atoms with van der Waals surface area (Å²) in [5.41, 5.74) is 4.62. The van der Waals surface area contributed by atoms with Gasteiger partial charge in [0.2, 0.25) is 0 Å². The van der Waals surface area contributed by atoms with E-state index in [0.717, 1.165) is 27.7 Å². The number of ketones is 1. The second-order valence-electron chi connectivity index (χ2n) is 8.82. The number of aromatic amines is 1. The van der Waals surface area contributed by atoms with Crippen LogP contribution in [0.1, 0.15) is 30.6 Å². The number of imidazole rings is 1. The lowest BCUT2D eigenvalue weighted by molar-refractivity contribution is 0.0967. The van der Waals surface area contributed by atoms with Crippen LogP contribution in [0.3, 0.4) is 0 Å². The Morgan fingerprint density at radius 3 is 2.20 bits per heavy atom. The molecular formula is C29H30N2O3S. The van der Waals surface area contributed by atoms with Crippen molar-refractivity contribution >= 4 is 17.5 Å². The van der Waals surface area contributed by atoms with Crippen molar-refractivity contribution in [2.24, 2.45) is 5.92 Å². The second kappa shape index (κ2) is 11.9. The third-order valence-corrected chi connectivity index (χ3v) is 6.43. The average Bonchev–Trinajstić information content (AvgIpc) is 3.31. The third-order valence-electron chi connectivity index (χ3n) is 5.42. The van der Waals surface area contributed by atoms with Gasteiger partial charge in [0.1, 0.15) is 12.4 Å². The van der Waals surface area contributed by atoms with Crippen molar-refractivity contribution in [2.75, 3.05) is 12.4 Å². The number of hydrogen-bond donors (Lipinski definition) is 2. The van der Waals surface area contributed by atoms with Crippen molar-refractivity contribution < 1.29 is 14.6 Å². The fraction of sp³-hybridized carbons (Fsp3) is 0.241. The molecular weight excluding hydrogens is 456 g/mol. The molecule has 0 amide bonds. The molecule has 0 saturated heterocycles. The number of ether oxygens (including phenoxy) is 1. The first-order chi connectivity index (χ1) is 17.0. The molecule has 5 nitrogen and oxygen atoms in total. The summed E-state index contributed by atoms with van der Waals surface area (Å²) in [6, 6.07) is 27.3. The number of aliphatic hydroxyl groups is 1. The van der Waals surface area contributed by atoms with E-state index in [1.807, 2.05) is 62.4 Å². The van der Waals surface area contributed by atoms with Gasteiger partial charge in [-0.25, -0.2) is 4.98 Å². The molecule has 4 aromatic rings. The Hall–Kier alpha value is -3.35. The fourth-order valence-corrected chi connectivity index (χ4v) is 4.46. The molecule has 0 radical (unpaired) electrons. The van der Waals surface area contributed by atoms with E-state index in [2.05, 4.69) is 17.1 Å². The Kier molecular flexibility index (Phi) is 8.40. The normalized spacial score (nSPS) is 12.0. The van der Waals surface area contributed by atoms with Gasteiger partial charge in [-0.15, -0.1) is 0 Å². The maximum Gasteiger partial charge on any atom is 0.166 e. The SMILES string of the molecule is CC(C)CC(=O)c1ccc(OCC(O)CSc2nc(-c3ccccc3)c(-c3ccccc3)[nH]2)cc1. The van der Waals surface area contributed by atoms with Crippen molar-refractivity contribution in [3.05, 3.63) is 90.5 Å². The minimum absolute atomic E-state index is 0.131. The highest BCUT2D eigenvalue weighted by molar-refractivity contribution is 7.99. The third kappa shape index (κ3) is 6.84. The van der Waals surface area contributed by atoms with Gasteiger partial charge in [-0.1, -0.05) is 86.3 Å². The van der Waals surface area contributed by atoms with Crippen LogP contribution >= 0.6 is 11.8 Å². The van der Waals surface area contributed by atoms with E-state index in [1.165, 1.54) is 11.8 Å². The van der Waals surface area contributed by atoms with Gasteiger partial charge in [0.25, 0.3) is 0 Å². The zero-order chi connectivity index (χ0) is 24.6. The summed E-state index contributed by atoms with van der Waals surface area (Å²) < 4.78 is 5.73. The first kappa shape index (κ1) is 24.8. The number of nitrogens with one attached hydrogen (secondary N) is 1. The largest absolute Gasteiger partial charge is 0.491 e. The average molecular weight is 487 g/mol. The van der Waals surface area contributed by atoms with Crippen LogP contribution < -0.4 is 4.74 Å². The van der Waals surface area contributed by atoms with Crippen LogP contribution in [-0.2, 0) is 0 Å². The van der Waals surface area contributed by atoms with Crippen LogP contribution in [0.4, 0.5) is 0 Å². The number of carbonyl (C=O) groups excluding carboxylic acids is 1.